The Balaban J connectivity index is 1.86. The number of rotatable bonds is 5. The van der Waals surface area contributed by atoms with Crippen LogP contribution in [-0.4, -0.2) is 6.21 Å². The lowest BCUT2D eigenvalue weighted by Crippen LogP contribution is -1.88. The fourth-order valence-electron chi connectivity index (χ4n) is 1.56. The van der Waals surface area contributed by atoms with Gasteiger partial charge in [0, 0.05) is 5.56 Å². The molecule has 0 fully saturated rings. The van der Waals surface area contributed by atoms with Gasteiger partial charge in [0.25, 0.3) is 0 Å². The van der Waals surface area contributed by atoms with Gasteiger partial charge in [0.2, 0.25) is 0 Å². The second kappa shape index (κ2) is 6.91. The van der Waals surface area contributed by atoms with E-state index in [1.165, 1.54) is 0 Å². The van der Waals surface area contributed by atoms with E-state index < -0.39 is 0 Å². The predicted octanol–water partition coefficient (Wildman–Crippen LogP) is 3.63. The highest BCUT2D eigenvalue weighted by Crippen LogP contribution is 2.07. The fraction of sp³-hybridized carbons (Fsp3) is 0.0588. The van der Waals surface area contributed by atoms with Crippen LogP contribution < -0.4 is 0 Å². The molecule has 0 aromatic heterocycles. The van der Waals surface area contributed by atoms with E-state index in [0.717, 1.165) is 16.7 Å². The third kappa shape index (κ3) is 3.82. The first-order chi connectivity index (χ1) is 9.81. The monoisotopic (exact) mass is 261 g/mol. The van der Waals surface area contributed by atoms with Crippen molar-refractivity contribution in [3.63, 3.8) is 0 Å². The normalized spacial score (nSPS) is 10.2. The number of benzene rings is 2. The number of nitriles is 1. The van der Waals surface area contributed by atoms with Gasteiger partial charge < -0.3 is 4.84 Å². The van der Waals surface area contributed by atoms with E-state index in [0.29, 0.717) is 12.2 Å². The molecule has 1 radical (unpaired) electrons. The van der Waals surface area contributed by atoms with Crippen molar-refractivity contribution in [1.82, 2.24) is 0 Å². The average Bonchev–Trinajstić information content (AvgIpc) is 2.53. The molecule has 0 saturated carbocycles. The van der Waals surface area contributed by atoms with Crippen LogP contribution in [0.5, 0.6) is 0 Å². The first-order valence-corrected chi connectivity index (χ1v) is 6.11. The molecule has 0 heterocycles. The minimum atomic E-state index is 0.390. The van der Waals surface area contributed by atoms with Crippen LogP contribution in [0.3, 0.4) is 0 Å². The number of hydrogen-bond donors (Lipinski definition) is 0. The molecule has 3 heteroatoms. The summed E-state index contributed by atoms with van der Waals surface area (Å²) in [4.78, 5) is 5.18. The predicted molar refractivity (Wildman–Crippen MR) is 79.0 cm³/mol. The third-order valence-electron chi connectivity index (χ3n) is 2.70. The molecule has 0 bridgehead atoms. The molecule has 2 aromatic carbocycles. The Bertz CT molecular complexity index is 634. The average molecular weight is 261 g/mol. The van der Waals surface area contributed by atoms with E-state index in [9.17, 15) is 0 Å². The van der Waals surface area contributed by atoms with Gasteiger partial charge in [0.15, 0.2) is 0 Å². The van der Waals surface area contributed by atoms with E-state index in [4.69, 9.17) is 10.1 Å². The maximum atomic E-state index is 8.68. The third-order valence-corrected chi connectivity index (χ3v) is 2.70. The number of hydrogen-bond acceptors (Lipinski definition) is 3. The van der Waals surface area contributed by atoms with Gasteiger partial charge in [0.05, 0.1) is 11.6 Å². The summed E-state index contributed by atoms with van der Waals surface area (Å²) in [5.41, 5.74) is 3.48. The Morgan fingerprint density at radius 2 is 1.70 bits per heavy atom. The standard InChI is InChI=1S/C17H13N2O/c1-2-14-3-9-17(10-4-14)13-20-19-12-16-7-5-15(11-18)6-8-16/h2-10H,1,13H2. The molecule has 0 saturated heterocycles. The summed E-state index contributed by atoms with van der Waals surface area (Å²) in [7, 11) is 0. The molecule has 0 N–H and O–H groups in total. The molecule has 0 aliphatic carbocycles. The Labute approximate surface area is 118 Å². The Morgan fingerprint density at radius 3 is 2.30 bits per heavy atom. The fourth-order valence-corrected chi connectivity index (χ4v) is 1.56. The van der Waals surface area contributed by atoms with E-state index in [1.807, 2.05) is 24.3 Å². The second-order valence-corrected chi connectivity index (χ2v) is 4.11. The van der Waals surface area contributed by atoms with Crippen LogP contribution in [0.2, 0.25) is 0 Å². The van der Waals surface area contributed by atoms with Crippen LogP contribution in [0.15, 0.2) is 60.3 Å². The first kappa shape index (κ1) is 13.6. The van der Waals surface area contributed by atoms with Gasteiger partial charge in [-0.25, -0.2) is 0 Å². The zero-order valence-corrected chi connectivity index (χ0v) is 10.9. The Kier molecular flexibility index (Phi) is 4.69. The largest absolute Gasteiger partial charge is 0.390 e. The lowest BCUT2D eigenvalue weighted by atomic mass is 10.1. The Hall–Kier alpha value is -2.86. The zero-order valence-electron chi connectivity index (χ0n) is 10.9. The number of nitrogens with zero attached hydrogens (tertiary/aromatic N) is 2. The highest BCUT2D eigenvalue weighted by atomic mass is 16.6. The second-order valence-electron chi connectivity index (χ2n) is 4.11. The van der Waals surface area contributed by atoms with Gasteiger partial charge in [-0.15, -0.1) is 0 Å². The lowest BCUT2D eigenvalue weighted by molar-refractivity contribution is 0.132. The van der Waals surface area contributed by atoms with Crippen molar-refractivity contribution in [2.24, 2.45) is 5.16 Å². The van der Waals surface area contributed by atoms with Gasteiger partial charge in [-0.1, -0.05) is 54.2 Å². The maximum Gasteiger partial charge on any atom is 0.142 e. The highest BCUT2D eigenvalue weighted by molar-refractivity contribution is 5.79. The summed E-state index contributed by atoms with van der Waals surface area (Å²) in [5.74, 6) is 0. The quantitative estimate of drug-likeness (QED) is 0.609. The smallest absolute Gasteiger partial charge is 0.142 e. The molecular formula is C17H13N2O. The first-order valence-electron chi connectivity index (χ1n) is 6.11. The molecule has 2 rings (SSSR count). The van der Waals surface area contributed by atoms with Gasteiger partial charge in [-0.05, 0) is 23.3 Å². The highest BCUT2D eigenvalue weighted by Gasteiger charge is 1.94. The molecule has 0 unspecified atom stereocenters. The van der Waals surface area contributed by atoms with Gasteiger partial charge in [-0.2, -0.15) is 5.26 Å². The van der Waals surface area contributed by atoms with Crippen LogP contribution in [0.4, 0.5) is 0 Å². The van der Waals surface area contributed by atoms with E-state index in [-0.39, 0.29) is 0 Å². The minimum absolute atomic E-state index is 0.390. The van der Waals surface area contributed by atoms with Crippen molar-refractivity contribution in [3.05, 3.63) is 77.4 Å². The SMILES string of the molecule is C=Cc1ccc(CO/N=[C]\c2ccc(C#N)cc2)cc1. The Morgan fingerprint density at radius 1 is 1.05 bits per heavy atom. The molecule has 3 nitrogen and oxygen atoms in total. The maximum absolute atomic E-state index is 8.68. The molecule has 0 amide bonds. The molecule has 20 heavy (non-hydrogen) atoms. The van der Waals surface area contributed by atoms with Crippen molar-refractivity contribution in [3.8, 4) is 6.07 Å². The summed E-state index contributed by atoms with van der Waals surface area (Å²) in [6, 6.07) is 16.9. The molecule has 97 valence electrons. The molecular weight excluding hydrogens is 248 g/mol. The van der Waals surface area contributed by atoms with Crippen molar-refractivity contribution in [2.75, 3.05) is 0 Å². The van der Waals surface area contributed by atoms with E-state index in [2.05, 4.69) is 24.0 Å². The molecule has 0 atom stereocenters. The summed E-state index contributed by atoms with van der Waals surface area (Å²) < 4.78 is 0. The van der Waals surface area contributed by atoms with Gasteiger partial charge in [0.1, 0.15) is 12.8 Å². The molecule has 2 aromatic rings. The van der Waals surface area contributed by atoms with Crippen LogP contribution in [0.1, 0.15) is 22.3 Å². The lowest BCUT2D eigenvalue weighted by Gasteiger charge is -2.00. The van der Waals surface area contributed by atoms with Gasteiger partial charge in [-0.3, -0.25) is 0 Å². The summed E-state index contributed by atoms with van der Waals surface area (Å²) in [5, 5.41) is 12.5. The topological polar surface area (TPSA) is 45.4 Å². The summed E-state index contributed by atoms with van der Waals surface area (Å²) in [6.45, 7) is 4.09. The van der Waals surface area contributed by atoms with E-state index >= 15 is 0 Å². The minimum Gasteiger partial charge on any atom is -0.390 e. The van der Waals surface area contributed by atoms with Crippen LogP contribution in [0, 0.1) is 11.3 Å². The van der Waals surface area contributed by atoms with Gasteiger partial charge >= 0.3 is 0 Å². The zero-order chi connectivity index (χ0) is 14.2. The molecule has 0 aliphatic heterocycles. The molecule has 0 aliphatic rings. The van der Waals surface area contributed by atoms with Crippen LogP contribution in [0.25, 0.3) is 6.08 Å². The van der Waals surface area contributed by atoms with E-state index in [1.54, 1.807) is 30.3 Å². The van der Waals surface area contributed by atoms with Crippen molar-refractivity contribution < 1.29 is 4.84 Å². The van der Waals surface area contributed by atoms with Crippen molar-refractivity contribution in [1.29, 1.82) is 5.26 Å². The summed E-state index contributed by atoms with van der Waals surface area (Å²) in [6.07, 6.45) is 4.56. The molecule has 0 spiro atoms. The summed E-state index contributed by atoms with van der Waals surface area (Å²) >= 11 is 0. The van der Waals surface area contributed by atoms with Crippen molar-refractivity contribution in [2.45, 2.75) is 6.61 Å². The van der Waals surface area contributed by atoms with Crippen LogP contribution >= 0.6 is 0 Å². The van der Waals surface area contributed by atoms with Crippen molar-refractivity contribution >= 4 is 12.3 Å². The van der Waals surface area contributed by atoms with Crippen LogP contribution in [-0.2, 0) is 11.4 Å².